The van der Waals surface area contributed by atoms with E-state index in [2.05, 4.69) is 22.2 Å². The van der Waals surface area contributed by atoms with E-state index in [1.807, 2.05) is 0 Å². The van der Waals surface area contributed by atoms with Crippen molar-refractivity contribution >= 4 is 5.91 Å². The van der Waals surface area contributed by atoms with Gasteiger partial charge in [0.05, 0.1) is 6.07 Å². The summed E-state index contributed by atoms with van der Waals surface area (Å²) < 4.78 is 24.0. The van der Waals surface area contributed by atoms with E-state index in [9.17, 15) is 14.0 Å². The molecule has 0 radical (unpaired) electrons. The zero-order valence-electron chi connectivity index (χ0n) is 16.9. The molecule has 2 fully saturated rings. The van der Waals surface area contributed by atoms with Crippen LogP contribution >= 0.6 is 0 Å². The minimum absolute atomic E-state index is 0.0120. The van der Waals surface area contributed by atoms with E-state index < -0.39 is 11.5 Å². The quantitative estimate of drug-likeness (QED) is 0.753. The molecular weight excluding hydrogens is 389 g/mol. The SMILES string of the molecule is CC1CC2CCCC(NC(=O)COc3cc(Oc4ccc(F)cc4)[nH]c(=O)n3)(C1)C2. The smallest absolute Gasteiger partial charge is 0.351 e. The van der Waals surface area contributed by atoms with Crippen molar-refractivity contribution in [3.05, 3.63) is 46.6 Å². The fourth-order valence-corrected chi connectivity index (χ4v) is 5.00. The van der Waals surface area contributed by atoms with Gasteiger partial charge in [-0.2, -0.15) is 4.98 Å². The third kappa shape index (κ3) is 4.98. The van der Waals surface area contributed by atoms with Crippen LogP contribution in [0, 0.1) is 17.7 Å². The number of halogens is 1. The summed E-state index contributed by atoms with van der Waals surface area (Å²) in [7, 11) is 0. The fourth-order valence-electron chi connectivity index (χ4n) is 5.00. The number of nitrogens with zero attached hydrogens (tertiary/aromatic N) is 1. The molecule has 2 aliphatic carbocycles. The van der Waals surface area contributed by atoms with Gasteiger partial charge in [0.1, 0.15) is 11.6 Å². The number of aromatic nitrogens is 2. The van der Waals surface area contributed by atoms with Crippen LogP contribution in [-0.2, 0) is 4.79 Å². The van der Waals surface area contributed by atoms with Gasteiger partial charge in [-0.1, -0.05) is 19.8 Å². The molecule has 8 heteroatoms. The molecule has 160 valence electrons. The van der Waals surface area contributed by atoms with E-state index in [-0.39, 0.29) is 29.8 Å². The molecule has 2 bridgehead atoms. The van der Waals surface area contributed by atoms with Crippen molar-refractivity contribution in [2.24, 2.45) is 11.8 Å². The molecule has 2 saturated carbocycles. The van der Waals surface area contributed by atoms with Crippen LogP contribution in [0.4, 0.5) is 4.39 Å². The molecule has 1 aromatic carbocycles. The second kappa shape index (κ2) is 8.45. The van der Waals surface area contributed by atoms with Gasteiger partial charge in [0, 0.05) is 5.54 Å². The van der Waals surface area contributed by atoms with Gasteiger partial charge in [-0.15, -0.1) is 0 Å². The van der Waals surface area contributed by atoms with Crippen molar-refractivity contribution in [1.82, 2.24) is 15.3 Å². The van der Waals surface area contributed by atoms with Gasteiger partial charge in [0.2, 0.25) is 11.8 Å². The number of rotatable bonds is 6. The summed E-state index contributed by atoms with van der Waals surface area (Å²) in [5.41, 5.74) is -0.806. The third-order valence-corrected chi connectivity index (χ3v) is 5.92. The van der Waals surface area contributed by atoms with E-state index in [4.69, 9.17) is 9.47 Å². The van der Waals surface area contributed by atoms with E-state index >= 15 is 0 Å². The van der Waals surface area contributed by atoms with Gasteiger partial charge < -0.3 is 14.8 Å². The summed E-state index contributed by atoms with van der Waals surface area (Å²) in [5.74, 6) is 1.10. The molecule has 3 unspecified atom stereocenters. The van der Waals surface area contributed by atoms with E-state index in [1.54, 1.807) is 0 Å². The summed E-state index contributed by atoms with van der Waals surface area (Å²) in [6.07, 6.45) is 6.64. The Bertz CT molecular complexity index is 958. The summed E-state index contributed by atoms with van der Waals surface area (Å²) in [5, 5.41) is 3.19. The number of nitrogens with one attached hydrogen (secondary N) is 2. The highest BCUT2D eigenvalue weighted by atomic mass is 19.1. The van der Waals surface area contributed by atoms with Crippen LogP contribution in [0.15, 0.2) is 35.1 Å². The molecule has 1 heterocycles. The molecule has 0 aliphatic heterocycles. The zero-order chi connectivity index (χ0) is 21.1. The lowest BCUT2D eigenvalue weighted by atomic mass is 9.64. The molecule has 0 saturated heterocycles. The van der Waals surface area contributed by atoms with Gasteiger partial charge in [0.25, 0.3) is 5.91 Å². The van der Waals surface area contributed by atoms with Gasteiger partial charge in [-0.25, -0.2) is 9.18 Å². The standard InChI is InChI=1S/C22H26FN3O4/c1-14-9-15-3-2-8-22(11-14,12-15)26-18(27)13-29-19-10-20(25-21(28)24-19)30-17-6-4-16(23)5-7-17/h4-7,10,14-15H,2-3,8-9,11-13H2,1H3,(H,26,27)(H,24,25,28). The van der Waals surface area contributed by atoms with E-state index in [1.165, 1.54) is 43.2 Å². The number of benzene rings is 1. The lowest BCUT2D eigenvalue weighted by molar-refractivity contribution is -0.126. The first-order chi connectivity index (χ1) is 14.4. The molecule has 1 amide bonds. The van der Waals surface area contributed by atoms with Crippen LogP contribution in [0.5, 0.6) is 17.5 Å². The molecule has 2 aliphatic rings. The Labute approximate surface area is 174 Å². The number of carbonyl (C=O) groups is 1. The van der Waals surface area contributed by atoms with Gasteiger partial charge in [0.15, 0.2) is 6.61 Å². The Kier molecular flexibility index (Phi) is 5.74. The average molecular weight is 415 g/mol. The molecule has 3 atom stereocenters. The Morgan fingerprint density at radius 1 is 1.33 bits per heavy atom. The summed E-state index contributed by atoms with van der Waals surface area (Å²) in [6.45, 7) is 2.02. The number of H-pyrrole nitrogens is 1. The number of carbonyl (C=O) groups excluding carboxylic acids is 1. The monoisotopic (exact) mass is 415 g/mol. The van der Waals surface area contributed by atoms with Crippen LogP contribution in [0.1, 0.15) is 45.4 Å². The van der Waals surface area contributed by atoms with Gasteiger partial charge in [-0.3, -0.25) is 9.78 Å². The van der Waals surface area contributed by atoms with Crippen molar-refractivity contribution in [1.29, 1.82) is 0 Å². The first kappa shape index (κ1) is 20.4. The number of ether oxygens (including phenoxy) is 2. The predicted molar refractivity (Wildman–Crippen MR) is 108 cm³/mol. The number of fused-ring (bicyclic) bond motifs is 2. The van der Waals surface area contributed by atoms with Crippen molar-refractivity contribution in [2.75, 3.05) is 6.61 Å². The van der Waals surface area contributed by atoms with Crippen LogP contribution in [0.2, 0.25) is 0 Å². The van der Waals surface area contributed by atoms with Gasteiger partial charge >= 0.3 is 5.69 Å². The van der Waals surface area contributed by atoms with E-state index in [0.717, 1.165) is 25.7 Å². The molecule has 1 aromatic heterocycles. The molecule has 0 spiro atoms. The number of amides is 1. The van der Waals surface area contributed by atoms with Crippen LogP contribution in [0.25, 0.3) is 0 Å². The maximum atomic E-state index is 13.0. The zero-order valence-corrected chi connectivity index (χ0v) is 16.9. The van der Waals surface area contributed by atoms with Crippen molar-refractivity contribution in [3.63, 3.8) is 0 Å². The average Bonchev–Trinajstić information content (AvgIpc) is 2.67. The molecule has 30 heavy (non-hydrogen) atoms. The summed E-state index contributed by atoms with van der Waals surface area (Å²) >= 11 is 0. The predicted octanol–water partition coefficient (Wildman–Crippen LogP) is 3.56. The fraction of sp³-hybridized carbons (Fsp3) is 0.500. The summed E-state index contributed by atoms with van der Waals surface area (Å²) in [4.78, 5) is 30.5. The molecule has 4 rings (SSSR count). The second-order valence-corrected chi connectivity index (χ2v) is 8.57. The Morgan fingerprint density at radius 3 is 2.93 bits per heavy atom. The second-order valence-electron chi connectivity index (χ2n) is 8.57. The highest BCUT2D eigenvalue weighted by Gasteiger charge is 2.42. The van der Waals surface area contributed by atoms with Crippen molar-refractivity contribution in [2.45, 2.75) is 51.0 Å². The first-order valence-electron chi connectivity index (χ1n) is 10.4. The van der Waals surface area contributed by atoms with Crippen LogP contribution in [0.3, 0.4) is 0 Å². The van der Waals surface area contributed by atoms with Crippen LogP contribution < -0.4 is 20.5 Å². The van der Waals surface area contributed by atoms with Crippen molar-refractivity contribution < 1.29 is 18.7 Å². The first-order valence-corrected chi connectivity index (χ1v) is 10.4. The highest BCUT2D eigenvalue weighted by molar-refractivity contribution is 5.78. The topological polar surface area (TPSA) is 93.3 Å². The molecular formula is C22H26FN3O4. The Hall–Kier alpha value is -2.90. The summed E-state index contributed by atoms with van der Waals surface area (Å²) in [6, 6.07) is 6.75. The normalized spacial score (nSPS) is 25.4. The molecule has 2 N–H and O–H groups in total. The number of hydrogen-bond acceptors (Lipinski definition) is 5. The van der Waals surface area contributed by atoms with Crippen molar-refractivity contribution in [3.8, 4) is 17.5 Å². The highest BCUT2D eigenvalue weighted by Crippen LogP contribution is 2.45. The number of hydrogen-bond donors (Lipinski definition) is 2. The number of aromatic amines is 1. The molecule has 7 nitrogen and oxygen atoms in total. The maximum Gasteiger partial charge on any atom is 0.351 e. The maximum absolute atomic E-state index is 13.0. The minimum Gasteiger partial charge on any atom is -0.467 e. The minimum atomic E-state index is -0.667. The lowest BCUT2D eigenvalue weighted by Crippen LogP contribution is -2.55. The lowest BCUT2D eigenvalue weighted by Gasteiger charge is -2.48. The third-order valence-electron chi connectivity index (χ3n) is 5.92. The largest absolute Gasteiger partial charge is 0.467 e. The Balaban J connectivity index is 1.37. The van der Waals surface area contributed by atoms with E-state index in [0.29, 0.717) is 17.6 Å². The van der Waals surface area contributed by atoms with Gasteiger partial charge in [-0.05, 0) is 61.8 Å². The molecule has 2 aromatic rings. The Morgan fingerprint density at radius 2 is 2.13 bits per heavy atom. The van der Waals surface area contributed by atoms with Crippen LogP contribution in [-0.4, -0.2) is 28.0 Å².